The number of carbonyl (C=O) groups is 2. The number of nitrogens with one attached hydrogen (secondary N) is 1. The van der Waals surface area contributed by atoms with E-state index >= 15 is 0 Å². The second kappa shape index (κ2) is 6.83. The van der Waals surface area contributed by atoms with E-state index in [2.05, 4.69) is 10.3 Å². The Morgan fingerprint density at radius 1 is 1.17 bits per heavy atom. The van der Waals surface area contributed by atoms with Gasteiger partial charge in [-0.25, -0.2) is 0 Å². The Morgan fingerprint density at radius 3 is 2.62 bits per heavy atom. The van der Waals surface area contributed by atoms with E-state index in [0.717, 1.165) is 31.2 Å². The Bertz CT molecular complexity index is 737. The zero-order valence-electron chi connectivity index (χ0n) is 13.4. The first-order valence-electron chi connectivity index (χ1n) is 8.13. The molecule has 0 aliphatic heterocycles. The predicted octanol–water partition coefficient (Wildman–Crippen LogP) is 2.91. The van der Waals surface area contributed by atoms with Gasteiger partial charge in [0.05, 0.1) is 12.0 Å². The molecule has 0 atom stereocenters. The largest absolute Gasteiger partial charge is 0.481 e. The topological polar surface area (TPSA) is 79.3 Å². The van der Waals surface area contributed by atoms with Crippen molar-refractivity contribution in [3.63, 3.8) is 0 Å². The number of carboxylic acids is 1. The lowest BCUT2D eigenvalue weighted by molar-refractivity contribution is -0.136. The van der Waals surface area contributed by atoms with Crippen molar-refractivity contribution in [1.82, 2.24) is 10.3 Å². The van der Waals surface area contributed by atoms with Gasteiger partial charge in [0, 0.05) is 18.0 Å². The highest BCUT2D eigenvalue weighted by atomic mass is 16.4. The molecule has 1 amide bonds. The number of aliphatic carboxylic acids is 1. The number of hydrogen-bond donors (Lipinski definition) is 2. The summed E-state index contributed by atoms with van der Waals surface area (Å²) in [7, 11) is 0. The summed E-state index contributed by atoms with van der Waals surface area (Å²) < 4.78 is 0. The fourth-order valence-corrected chi connectivity index (χ4v) is 3.40. The van der Waals surface area contributed by atoms with E-state index in [1.807, 2.05) is 18.3 Å². The van der Waals surface area contributed by atoms with Gasteiger partial charge in [0.15, 0.2) is 0 Å². The fraction of sp³-hybridized carbons (Fsp3) is 0.316. The van der Waals surface area contributed by atoms with Crippen LogP contribution in [0.4, 0.5) is 0 Å². The number of carboxylic acid groups (broad SMARTS) is 1. The van der Waals surface area contributed by atoms with Gasteiger partial charge in [-0.15, -0.1) is 0 Å². The summed E-state index contributed by atoms with van der Waals surface area (Å²) in [4.78, 5) is 27.8. The van der Waals surface area contributed by atoms with E-state index in [4.69, 9.17) is 5.11 Å². The maximum Gasteiger partial charge on any atom is 0.307 e. The van der Waals surface area contributed by atoms with Crippen molar-refractivity contribution in [3.8, 4) is 0 Å². The Hall–Kier alpha value is -2.69. The van der Waals surface area contributed by atoms with Crippen LogP contribution < -0.4 is 5.32 Å². The number of carbonyl (C=O) groups excluding carboxylic acids is 1. The summed E-state index contributed by atoms with van der Waals surface area (Å²) in [5, 5.41) is 12.1. The average Bonchev–Trinajstić information content (AvgIpc) is 3.05. The predicted molar refractivity (Wildman–Crippen MR) is 89.6 cm³/mol. The molecule has 1 aliphatic carbocycles. The molecule has 0 saturated heterocycles. The minimum atomic E-state index is -0.907. The number of benzene rings is 1. The number of rotatable bonds is 5. The molecule has 0 radical (unpaired) electrons. The molecule has 124 valence electrons. The Balaban J connectivity index is 1.83. The number of pyridine rings is 1. The van der Waals surface area contributed by atoms with Crippen molar-refractivity contribution in [2.75, 3.05) is 0 Å². The second-order valence-electron chi connectivity index (χ2n) is 6.26. The molecule has 0 spiro atoms. The molecule has 1 aromatic heterocycles. The third kappa shape index (κ3) is 3.45. The van der Waals surface area contributed by atoms with Crippen LogP contribution in [0.1, 0.15) is 47.2 Å². The highest BCUT2D eigenvalue weighted by Gasteiger charge is 2.37. The van der Waals surface area contributed by atoms with Crippen molar-refractivity contribution >= 4 is 11.9 Å². The Morgan fingerprint density at radius 2 is 1.96 bits per heavy atom. The van der Waals surface area contributed by atoms with Crippen molar-refractivity contribution in [3.05, 3.63) is 65.5 Å². The summed E-state index contributed by atoms with van der Waals surface area (Å²) in [6, 6.07) is 10.7. The highest BCUT2D eigenvalue weighted by Crippen LogP contribution is 2.38. The van der Waals surface area contributed by atoms with E-state index in [1.54, 1.807) is 30.5 Å². The Labute approximate surface area is 140 Å². The van der Waals surface area contributed by atoms with Gasteiger partial charge >= 0.3 is 5.97 Å². The summed E-state index contributed by atoms with van der Waals surface area (Å²) >= 11 is 0. The summed E-state index contributed by atoms with van der Waals surface area (Å²) in [5.41, 5.74) is 1.76. The Kier molecular flexibility index (Phi) is 4.60. The number of aromatic nitrogens is 1. The van der Waals surface area contributed by atoms with Gasteiger partial charge in [-0.2, -0.15) is 0 Å². The molecule has 24 heavy (non-hydrogen) atoms. The van der Waals surface area contributed by atoms with Crippen LogP contribution in [-0.2, 0) is 16.8 Å². The molecule has 1 aliphatic rings. The third-order valence-electron chi connectivity index (χ3n) is 4.57. The van der Waals surface area contributed by atoms with Crippen LogP contribution in [-0.4, -0.2) is 22.0 Å². The van der Waals surface area contributed by atoms with Crippen LogP contribution in [0.3, 0.4) is 0 Å². The molecule has 1 fully saturated rings. The van der Waals surface area contributed by atoms with Gasteiger partial charge in [0.25, 0.3) is 5.91 Å². The summed E-state index contributed by atoms with van der Waals surface area (Å²) in [5.74, 6) is -1.08. The van der Waals surface area contributed by atoms with Crippen LogP contribution in [0.5, 0.6) is 0 Å². The first-order valence-corrected chi connectivity index (χ1v) is 8.13. The van der Waals surface area contributed by atoms with Crippen LogP contribution in [0, 0.1) is 0 Å². The highest BCUT2D eigenvalue weighted by molar-refractivity contribution is 5.95. The van der Waals surface area contributed by atoms with Crippen molar-refractivity contribution < 1.29 is 14.7 Å². The minimum absolute atomic E-state index is 0.0884. The SMILES string of the molecule is O=C(O)Cc1cccc(C(=O)NC2(c3cccnc3)CCCC2)c1. The first kappa shape index (κ1) is 16.2. The summed E-state index contributed by atoms with van der Waals surface area (Å²) in [6.45, 7) is 0. The van der Waals surface area contributed by atoms with E-state index in [9.17, 15) is 9.59 Å². The monoisotopic (exact) mass is 324 g/mol. The van der Waals surface area contributed by atoms with Crippen molar-refractivity contribution in [1.29, 1.82) is 0 Å². The van der Waals surface area contributed by atoms with E-state index in [1.165, 1.54) is 0 Å². The number of amides is 1. The molecular formula is C19H20N2O3. The smallest absolute Gasteiger partial charge is 0.307 e. The number of nitrogens with zero attached hydrogens (tertiary/aromatic N) is 1. The van der Waals surface area contributed by atoms with Gasteiger partial charge in [-0.1, -0.05) is 31.0 Å². The van der Waals surface area contributed by atoms with Crippen LogP contribution >= 0.6 is 0 Å². The summed E-state index contributed by atoms with van der Waals surface area (Å²) in [6.07, 6.45) is 7.35. The van der Waals surface area contributed by atoms with Gasteiger partial charge < -0.3 is 10.4 Å². The number of hydrogen-bond acceptors (Lipinski definition) is 3. The molecule has 0 unspecified atom stereocenters. The normalized spacial score (nSPS) is 15.8. The average molecular weight is 324 g/mol. The van der Waals surface area contributed by atoms with Crippen molar-refractivity contribution in [2.45, 2.75) is 37.6 Å². The molecule has 2 N–H and O–H groups in total. The lowest BCUT2D eigenvalue weighted by atomic mass is 9.89. The molecule has 5 nitrogen and oxygen atoms in total. The van der Waals surface area contributed by atoms with Gasteiger partial charge in [-0.05, 0) is 42.2 Å². The molecule has 2 aromatic rings. The quantitative estimate of drug-likeness (QED) is 0.886. The molecular weight excluding hydrogens is 304 g/mol. The van der Waals surface area contributed by atoms with Crippen LogP contribution in [0.15, 0.2) is 48.8 Å². The molecule has 1 heterocycles. The standard InChI is InChI=1S/C19H20N2O3/c22-17(23)12-14-5-3-6-15(11-14)18(24)21-19(8-1-2-9-19)16-7-4-10-20-13-16/h3-7,10-11,13H,1-2,8-9,12H2,(H,21,24)(H,22,23). The van der Waals surface area contributed by atoms with Gasteiger partial charge in [-0.3, -0.25) is 14.6 Å². The van der Waals surface area contributed by atoms with Crippen molar-refractivity contribution in [2.24, 2.45) is 0 Å². The van der Waals surface area contributed by atoms with E-state index < -0.39 is 5.97 Å². The van der Waals surface area contributed by atoms with E-state index in [-0.39, 0.29) is 17.9 Å². The molecule has 1 saturated carbocycles. The lowest BCUT2D eigenvalue weighted by Gasteiger charge is -2.30. The second-order valence-corrected chi connectivity index (χ2v) is 6.26. The zero-order valence-corrected chi connectivity index (χ0v) is 13.4. The molecule has 5 heteroatoms. The van der Waals surface area contributed by atoms with E-state index in [0.29, 0.717) is 11.1 Å². The van der Waals surface area contributed by atoms with Crippen LogP contribution in [0.2, 0.25) is 0 Å². The maximum absolute atomic E-state index is 12.7. The lowest BCUT2D eigenvalue weighted by Crippen LogP contribution is -2.43. The van der Waals surface area contributed by atoms with Gasteiger partial charge in [0.1, 0.15) is 0 Å². The molecule has 1 aromatic carbocycles. The fourth-order valence-electron chi connectivity index (χ4n) is 3.40. The maximum atomic E-state index is 12.7. The third-order valence-corrected chi connectivity index (χ3v) is 4.57. The van der Waals surface area contributed by atoms with Gasteiger partial charge in [0.2, 0.25) is 0 Å². The molecule has 3 rings (SSSR count). The minimum Gasteiger partial charge on any atom is -0.481 e. The van der Waals surface area contributed by atoms with Crippen LogP contribution in [0.25, 0.3) is 0 Å². The molecule has 0 bridgehead atoms. The first-order chi connectivity index (χ1) is 11.6. The zero-order chi connectivity index (χ0) is 17.0.